The van der Waals surface area contributed by atoms with Crippen molar-refractivity contribution in [1.82, 2.24) is 5.32 Å². The number of halogens is 1. The molecule has 0 aliphatic carbocycles. The molecule has 2 atom stereocenters. The van der Waals surface area contributed by atoms with Crippen molar-refractivity contribution in [2.75, 3.05) is 0 Å². The largest absolute Gasteiger partial charge is 0.480 e. The summed E-state index contributed by atoms with van der Waals surface area (Å²) in [5, 5.41) is 10.4. The van der Waals surface area contributed by atoms with Gasteiger partial charge in [0.2, 0.25) is 5.91 Å². The van der Waals surface area contributed by atoms with Crippen molar-refractivity contribution in [2.24, 2.45) is 5.73 Å². The van der Waals surface area contributed by atoms with Gasteiger partial charge < -0.3 is 15.6 Å². The molecule has 1 unspecified atom stereocenters. The lowest BCUT2D eigenvalue weighted by Crippen LogP contribution is -2.32. The highest BCUT2D eigenvalue weighted by molar-refractivity contribution is 8.93. The van der Waals surface area contributed by atoms with Gasteiger partial charge in [0.1, 0.15) is 17.5 Å². The van der Waals surface area contributed by atoms with Crippen LogP contribution in [0.25, 0.3) is 0 Å². The van der Waals surface area contributed by atoms with E-state index >= 15 is 0 Å². The average Bonchev–Trinajstić information content (AvgIpc) is 2.95. The molecule has 2 aromatic carbocycles. The molecule has 1 saturated heterocycles. The Hall–Kier alpha value is -2.36. The zero-order valence-electron chi connectivity index (χ0n) is 14.7. The van der Waals surface area contributed by atoms with Gasteiger partial charge in [-0.15, -0.1) is 17.0 Å². The molecule has 1 aliphatic rings. The lowest BCUT2D eigenvalue weighted by atomic mass is 10.1. The zero-order chi connectivity index (χ0) is 19.4. The lowest BCUT2D eigenvalue weighted by Gasteiger charge is -2.10. The highest BCUT2D eigenvalue weighted by Gasteiger charge is 2.31. The van der Waals surface area contributed by atoms with Crippen molar-refractivity contribution >= 4 is 45.9 Å². The minimum atomic E-state index is -1.03. The number of thioether (sulfide) groups is 1. The van der Waals surface area contributed by atoms with E-state index < -0.39 is 17.3 Å². The standard InChI is InChI=1S/C19H18N2O5S.BrH/c20-15(18(23)24)9-11-1-5-13(6-2-11)26-14-7-3-12(4-8-14)10-16-17(22)21-19(25)27-16;/h1-8,15-16H,9-10,20H2,(H,23,24)(H,21,22,25);1H/t15-,16?;/m0./s1. The zero-order valence-corrected chi connectivity index (χ0v) is 17.2. The number of nitrogens with one attached hydrogen (secondary N) is 1. The van der Waals surface area contributed by atoms with E-state index in [-0.39, 0.29) is 34.5 Å². The molecule has 0 saturated carbocycles. The fourth-order valence-electron chi connectivity index (χ4n) is 2.61. The van der Waals surface area contributed by atoms with E-state index in [1.54, 1.807) is 36.4 Å². The van der Waals surface area contributed by atoms with E-state index in [4.69, 9.17) is 15.6 Å². The normalized spacial score (nSPS) is 16.8. The second kappa shape index (κ2) is 9.72. The average molecular weight is 467 g/mol. The third-order valence-electron chi connectivity index (χ3n) is 4.04. The van der Waals surface area contributed by atoms with Gasteiger partial charge in [0.05, 0.1) is 5.25 Å². The van der Waals surface area contributed by atoms with Gasteiger partial charge in [-0.2, -0.15) is 0 Å². The number of carbonyl (C=O) groups is 3. The minimum absolute atomic E-state index is 0. The van der Waals surface area contributed by atoms with Gasteiger partial charge in [0.25, 0.3) is 5.24 Å². The molecule has 7 nitrogen and oxygen atoms in total. The van der Waals surface area contributed by atoms with Crippen LogP contribution in [0.1, 0.15) is 11.1 Å². The smallest absolute Gasteiger partial charge is 0.320 e. The third-order valence-corrected chi connectivity index (χ3v) is 5.02. The summed E-state index contributed by atoms with van der Waals surface area (Å²) in [6, 6.07) is 13.4. The highest BCUT2D eigenvalue weighted by Crippen LogP contribution is 2.26. The monoisotopic (exact) mass is 466 g/mol. The molecule has 1 aliphatic heterocycles. The molecule has 0 radical (unpaired) electrons. The molecule has 1 fully saturated rings. The summed E-state index contributed by atoms with van der Waals surface area (Å²) in [5.74, 6) is -0.0404. The van der Waals surface area contributed by atoms with Crippen LogP contribution in [0.4, 0.5) is 4.79 Å². The Balaban J connectivity index is 0.00000280. The van der Waals surface area contributed by atoms with Crippen molar-refractivity contribution in [3.8, 4) is 11.5 Å². The van der Waals surface area contributed by atoms with Gasteiger partial charge in [-0.3, -0.25) is 19.7 Å². The molecule has 0 spiro atoms. The first kappa shape index (κ1) is 21.9. The van der Waals surface area contributed by atoms with Crippen LogP contribution >= 0.6 is 28.7 Å². The van der Waals surface area contributed by atoms with Gasteiger partial charge in [-0.1, -0.05) is 36.0 Å². The molecule has 3 rings (SSSR count). The number of hydrogen-bond acceptors (Lipinski definition) is 6. The number of nitrogens with two attached hydrogens (primary N) is 1. The Labute approximate surface area is 176 Å². The number of carboxylic acids is 1. The first-order valence-electron chi connectivity index (χ1n) is 8.26. The maximum Gasteiger partial charge on any atom is 0.320 e. The fourth-order valence-corrected chi connectivity index (χ4v) is 3.47. The van der Waals surface area contributed by atoms with Crippen molar-refractivity contribution in [2.45, 2.75) is 24.1 Å². The van der Waals surface area contributed by atoms with E-state index in [1.165, 1.54) is 0 Å². The van der Waals surface area contributed by atoms with Crippen LogP contribution < -0.4 is 15.8 Å². The van der Waals surface area contributed by atoms with Gasteiger partial charge in [-0.05, 0) is 48.2 Å². The summed E-state index contributed by atoms with van der Waals surface area (Å²) in [6.07, 6.45) is 0.723. The van der Waals surface area contributed by atoms with Gasteiger partial charge >= 0.3 is 5.97 Å². The number of carbonyl (C=O) groups excluding carboxylic acids is 2. The van der Waals surface area contributed by atoms with Crippen LogP contribution in [0.2, 0.25) is 0 Å². The Kier molecular flexibility index (Phi) is 7.61. The van der Waals surface area contributed by atoms with Crippen LogP contribution in [-0.2, 0) is 22.4 Å². The van der Waals surface area contributed by atoms with Crippen LogP contribution in [0.5, 0.6) is 11.5 Å². The van der Waals surface area contributed by atoms with Gasteiger partial charge in [-0.25, -0.2) is 0 Å². The molecule has 2 aromatic rings. The minimum Gasteiger partial charge on any atom is -0.480 e. The lowest BCUT2D eigenvalue weighted by molar-refractivity contribution is -0.138. The first-order chi connectivity index (χ1) is 12.9. The van der Waals surface area contributed by atoms with Crippen molar-refractivity contribution in [3.05, 3.63) is 59.7 Å². The number of benzene rings is 2. The summed E-state index contributed by atoms with van der Waals surface area (Å²) in [7, 11) is 0. The van der Waals surface area contributed by atoms with Crippen molar-refractivity contribution in [1.29, 1.82) is 0 Å². The van der Waals surface area contributed by atoms with Crippen LogP contribution in [0, 0.1) is 0 Å². The van der Waals surface area contributed by atoms with E-state index in [2.05, 4.69) is 5.32 Å². The molecule has 0 aromatic heterocycles. The van der Waals surface area contributed by atoms with E-state index in [9.17, 15) is 14.4 Å². The second-order valence-corrected chi connectivity index (χ2v) is 7.30. The molecular weight excluding hydrogens is 448 g/mol. The third kappa shape index (κ3) is 5.82. The summed E-state index contributed by atoms with van der Waals surface area (Å²) >= 11 is 1.01. The number of aliphatic carboxylic acids is 1. The van der Waals surface area contributed by atoms with Crippen LogP contribution in [-0.4, -0.2) is 33.5 Å². The van der Waals surface area contributed by atoms with Crippen molar-refractivity contribution < 1.29 is 24.2 Å². The van der Waals surface area contributed by atoms with Gasteiger partial charge in [0.15, 0.2) is 0 Å². The topological polar surface area (TPSA) is 119 Å². The first-order valence-corrected chi connectivity index (χ1v) is 9.14. The number of imide groups is 1. The maximum absolute atomic E-state index is 11.6. The number of ether oxygens (including phenoxy) is 1. The molecule has 28 heavy (non-hydrogen) atoms. The second-order valence-electron chi connectivity index (χ2n) is 6.13. The molecular formula is C19H19BrN2O5S. The Morgan fingerprint density at radius 1 is 1.07 bits per heavy atom. The highest BCUT2D eigenvalue weighted by atomic mass is 79.9. The predicted molar refractivity (Wildman–Crippen MR) is 111 cm³/mol. The van der Waals surface area contributed by atoms with Crippen molar-refractivity contribution in [3.63, 3.8) is 0 Å². The molecule has 2 amide bonds. The fraction of sp³-hybridized carbons (Fsp3) is 0.211. The molecule has 0 bridgehead atoms. The molecule has 1 heterocycles. The Morgan fingerprint density at radius 2 is 1.61 bits per heavy atom. The van der Waals surface area contributed by atoms with E-state index in [0.717, 1.165) is 22.9 Å². The van der Waals surface area contributed by atoms with Crippen LogP contribution in [0.15, 0.2) is 48.5 Å². The summed E-state index contributed by atoms with van der Waals surface area (Å²) < 4.78 is 5.76. The predicted octanol–water partition coefficient (Wildman–Crippen LogP) is 2.91. The summed E-state index contributed by atoms with van der Waals surface area (Å²) in [6.45, 7) is 0. The summed E-state index contributed by atoms with van der Waals surface area (Å²) in [5.41, 5.74) is 7.27. The Morgan fingerprint density at radius 3 is 2.07 bits per heavy atom. The SMILES string of the molecule is Br.N[C@@H](Cc1ccc(Oc2ccc(CC3SC(=O)NC3=O)cc2)cc1)C(=O)O. The molecule has 148 valence electrons. The Bertz CT molecular complexity index is 858. The van der Waals surface area contributed by atoms with E-state index in [1.807, 2.05) is 12.1 Å². The van der Waals surface area contributed by atoms with E-state index in [0.29, 0.717) is 17.9 Å². The molecule has 9 heteroatoms. The molecule has 4 N–H and O–H groups in total. The van der Waals surface area contributed by atoms with Gasteiger partial charge in [0, 0.05) is 0 Å². The number of rotatable bonds is 7. The quantitative estimate of drug-likeness (QED) is 0.573. The number of hydrogen-bond donors (Lipinski definition) is 3. The maximum atomic E-state index is 11.6. The number of amides is 2. The number of carboxylic acid groups (broad SMARTS) is 1. The van der Waals surface area contributed by atoms with Crippen LogP contribution in [0.3, 0.4) is 0 Å². The summed E-state index contributed by atoms with van der Waals surface area (Å²) in [4.78, 5) is 33.6.